The summed E-state index contributed by atoms with van der Waals surface area (Å²) in [4.78, 5) is 15.8. The Hall–Kier alpha value is -3.18. The molecule has 4 aromatic rings. The van der Waals surface area contributed by atoms with E-state index in [0.29, 0.717) is 10.7 Å². The van der Waals surface area contributed by atoms with Crippen LogP contribution in [0.2, 0.25) is 5.02 Å². The molecule has 0 aliphatic heterocycles. The number of benzene rings is 2. The topological polar surface area (TPSA) is 67.5 Å². The van der Waals surface area contributed by atoms with Crippen molar-refractivity contribution >= 4 is 23.2 Å². The first kappa shape index (κ1) is 15.4. The van der Waals surface area contributed by atoms with Crippen LogP contribution in [0.1, 0.15) is 10.5 Å². The second-order valence-corrected chi connectivity index (χ2v) is 5.95. The number of carboxylic acid groups (broad SMARTS) is 1. The zero-order chi connectivity index (χ0) is 17.4. The first-order chi connectivity index (χ1) is 12.1. The number of aromatic nitrogens is 3. The molecule has 0 fully saturated rings. The summed E-state index contributed by atoms with van der Waals surface area (Å²) in [5, 5.41) is 13.9. The third-order valence-corrected chi connectivity index (χ3v) is 4.12. The predicted molar refractivity (Wildman–Crippen MR) is 95.8 cm³/mol. The molecule has 0 saturated heterocycles. The van der Waals surface area contributed by atoms with Crippen molar-refractivity contribution in [3.8, 4) is 22.4 Å². The molecular weight excluding hydrogens is 338 g/mol. The summed E-state index contributed by atoms with van der Waals surface area (Å²) in [6, 6.07) is 18.6. The smallest absolute Gasteiger partial charge is 0.356 e. The molecule has 2 aromatic carbocycles. The van der Waals surface area contributed by atoms with E-state index < -0.39 is 5.97 Å². The van der Waals surface area contributed by atoms with E-state index in [1.165, 1.54) is 10.6 Å². The van der Waals surface area contributed by atoms with E-state index in [4.69, 9.17) is 11.6 Å². The van der Waals surface area contributed by atoms with Crippen LogP contribution < -0.4 is 0 Å². The lowest BCUT2D eigenvalue weighted by Gasteiger charge is -2.10. The molecule has 0 unspecified atom stereocenters. The number of carboxylic acids is 1. The van der Waals surface area contributed by atoms with Gasteiger partial charge in [-0.2, -0.15) is 5.10 Å². The lowest BCUT2D eigenvalue weighted by Crippen LogP contribution is -1.99. The van der Waals surface area contributed by atoms with Crippen LogP contribution in [0.15, 0.2) is 66.9 Å². The summed E-state index contributed by atoms with van der Waals surface area (Å²) in [6.45, 7) is 0. The van der Waals surface area contributed by atoms with Crippen molar-refractivity contribution in [3.63, 3.8) is 0 Å². The van der Waals surface area contributed by atoms with Crippen LogP contribution in [-0.4, -0.2) is 25.7 Å². The number of rotatable bonds is 3. The zero-order valence-electron chi connectivity index (χ0n) is 12.9. The van der Waals surface area contributed by atoms with Crippen LogP contribution >= 0.6 is 11.6 Å². The summed E-state index contributed by atoms with van der Waals surface area (Å²) in [7, 11) is 0. The Morgan fingerprint density at radius 2 is 1.72 bits per heavy atom. The molecule has 4 rings (SSSR count). The van der Waals surface area contributed by atoms with Crippen molar-refractivity contribution in [2.75, 3.05) is 0 Å². The van der Waals surface area contributed by atoms with Crippen LogP contribution in [0.25, 0.3) is 28.0 Å². The Labute approximate surface area is 148 Å². The molecule has 2 heterocycles. The molecule has 6 heteroatoms. The van der Waals surface area contributed by atoms with Gasteiger partial charge in [0.25, 0.3) is 0 Å². The highest BCUT2D eigenvalue weighted by atomic mass is 35.5. The largest absolute Gasteiger partial charge is 0.476 e. The maximum absolute atomic E-state index is 11.2. The van der Waals surface area contributed by atoms with Gasteiger partial charge < -0.3 is 5.11 Å². The number of hydrogen-bond acceptors (Lipinski definition) is 3. The van der Waals surface area contributed by atoms with E-state index in [0.717, 1.165) is 22.4 Å². The monoisotopic (exact) mass is 349 g/mol. The molecule has 2 aromatic heterocycles. The molecule has 0 radical (unpaired) electrons. The summed E-state index contributed by atoms with van der Waals surface area (Å²) >= 11 is 5.99. The molecule has 0 saturated carbocycles. The van der Waals surface area contributed by atoms with E-state index in [-0.39, 0.29) is 5.69 Å². The number of nitrogens with zero attached hydrogens (tertiary/aromatic N) is 3. The van der Waals surface area contributed by atoms with Gasteiger partial charge in [-0.15, -0.1) is 0 Å². The molecule has 122 valence electrons. The quantitative estimate of drug-likeness (QED) is 0.594. The maximum atomic E-state index is 11.2. The number of halogens is 1. The first-order valence-electron chi connectivity index (χ1n) is 7.57. The van der Waals surface area contributed by atoms with E-state index in [1.807, 2.05) is 42.5 Å². The van der Waals surface area contributed by atoms with Crippen molar-refractivity contribution < 1.29 is 9.90 Å². The highest BCUT2D eigenvalue weighted by Crippen LogP contribution is 2.31. The molecule has 1 N–H and O–H groups in total. The van der Waals surface area contributed by atoms with Crippen LogP contribution in [0.4, 0.5) is 0 Å². The van der Waals surface area contributed by atoms with Gasteiger partial charge in [-0.25, -0.2) is 14.3 Å². The van der Waals surface area contributed by atoms with Gasteiger partial charge in [0, 0.05) is 28.4 Å². The van der Waals surface area contributed by atoms with Crippen molar-refractivity contribution in [1.82, 2.24) is 14.6 Å². The Balaban J connectivity index is 2.00. The fraction of sp³-hybridized carbons (Fsp3) is 0. The Kier molecular flexibility index (Phi) is 3.71. The van der Waals surface area contributed by atoms with Crippen LogP contribution in [0.5, 0.6) is 0 Å². The van der Waals surface area contributed by atoms with Gasteiger partial charge in [0.15, 0.2) is 11.3 Å². The lowest BCUT2D eigenvalue weighted by molar-refractivity contribution is 0.0690. The van der Waals surface area contributed by atoms with Gasteiger partial charge in [-0.3, -0.25) is 0 Å². The molecule has 0 aliphatic rings. The standard InChI is InChI=1S/C19H12ClN3O2/c20-14-8-6-13(7-9-14)18-15(12-4-2-1-3-5-12)11-23-17(21-18)10-16(22-23)19(24)25/h1-11H,(H,24,25). The number of fused-ring (bicyclic) bond motifs is 1. The van der Waals surface area contributed by atoms with Gasteiger partial charge in [0.1, 0.15) is 0 Å². The SMILES string of the molecule is O=C(O)c1cc2nc(-c3ccc(Cl)cc3)c(-c3ccccc3)cn2n1. The minimum atomic E-state index is -1.08. The van der Waals surface area contributed by atoms with Crippen molar-refractivity contribution in [3.05, 3.63) is 77.6 Å². The molecule has 5 nitrogen and oxygen atoms in total. The summed E-state index contributed by atoms with van der Waals surface area (Å²) < 4.78 is 1.49. The number of hydrogen-bond donors (Lipinski definition) is 1. The van der Waals surface area contributed by atoms with E-state index in [9.17, 15) is 9.90 Å². The first-order valence-corrected chi connectivity index (χ1v) is 7.95. The predicted octanol–water partition coefficient (Wildman–Crippen LogP) is 4.41. The summed E-state index contributed by atoms with van der Waals surface area (Å²) in [6.07, 6.45) is 1.80. The Morgan fingerprint density at radius 3 is 2.40 bits per heavy atom. The van der Waals surface area contributed by atoms with Crippen LogP contribution in [0, 0.1) is 0 Å². The molecule has 0 bridgehead atoms. The summed E-state index contributed by atoms with van der Waals surface area (Å²) in [5.74, 6) is -1.08. The Morgan fingerprint density at radius 1 is 1.00 bits per heavy atom. The van der Waals surface area contributed by atoms with Crippen LogP contribution in [-0.2, 0) is 0 Å². The van der Waals surface area contributed by atoms with Gasteiger partial charge >= 0.3 is 5.97 Å². The van der Waals surface area contributed by atoms with E-state index in [1.54, 1.807) is 18.3 Å². The van der Waals surface area contributed by atoms with E-state index >= 15 is 0 Å². The van der Waals surface area contributed by atoms with Gasteiger partial charge in [0.05, 0.1) is 5.69 Å². The zero-order valence-corrected chi connectivity index (χ0v) is 13.7. The fourth-order valence-electron chi connectivity index (χ4n) is 2.68. The fourth-order valence-corrected chi connectivity index (χ4v) is 2.81. The van der Waals surface area contributed by atoms with Gasteiger partial charge in [0.2, 0.25) is 0 Å². The molecule has 0 amide bonds. The normalized spacial score (nSPS) is 10.9. The molecular formula is C19H12ClN3O2. The lowest BCUT2D eigenvalue weighted by atomic mass is 10.0. The minimum absolute atomic E-state index is 0.0419. The highest BCUT2D eigenvalue weighted by Gasteiger charge is 2.15. The third kappa shape index (κ3) is 2.86. The second kappa shape index (κ2) is 6.03. The number of aromatic carboxylic acids is 1. The van der Waals surface area contributed by atoms with Crippen molar-refractivity contribution in [1.29, 1.82) is 0 Å². The van der Waals surface area contributed by atoms with Crippen LogP contribution in [0.3, 0.4) is 0 Å². The van der Waals surface area contributed by atoms with Crippen molar-refractivity contribution in [2.24, 2.45) is 0 Å². The average Bonchev–Trinajstić information content (AvgIpc) is 3.05. The minimum Gasteiger partial charge on any atom is -0.476 e. The van der Waals surface area contributed by atoms with Crippen molar-refractivity contribution in [2.45, 2.75) is 0 Å². The maximum Gasteiger partial charge on any atom is 0.356 e. The number of carbonyl (C=O) groups is 1. The molecule has 0 aliphatic carbocycles. The molecule has 0 atom stereocenters. The Bertz CT molecular complexity index is 1070. The summed E-state index contributed by atoms with van der Waals surface area (Å²) in [5.41, 5.74) is 3.89. The molecule has 25 heavy (non-hydrogen) atoms. The average molecular weight is 350 g/mol. The van der Waals surface area contributed by atoms with Gasteiger partial charge in [-0.05, 0) is 17.7 Å². The van der Waals surface area contributed by atoms with E-state index in [2.05, 4.69) is 10.1 Å². The highest BCUT2D eigenvalue weighted by molar-refractivity contribution is 6.30. The third-order valence-electron chi connectivity index (χ3n) is 3.87. The molecule has 0 spiro atoms. The second-order valence-electron chi connectivity index (χ2n) is 5.51. The van der Waals surface area contributed by atoms with Gasteiger partial charge in [-0.1, -0.05) is 54.1 Å².